The van der Waals surface area contributed by atoms with Crippen molar-refractivity contribution in [2.45, 2.75) is 44.9 Å². The summed E-state index contributed by atoms with van der Waals surface area (Å²) in [4.78, 5) is 3.96. The zero-order chi connectivity index (χ0) is 13.9. The summed E-state index contributed by atoms with van der Waals surface area (Å²) in [5, 5.41) is 0. The molecule has 1 aromatic rings. The van der Waals surface area contributed by atoms with Crippen molar-refractivity contribution < 1.29 is 13.3 Å². The maximum atomic E-state index is 12.4. The van der Waals surface area contributed by atoms with Gasteiger partial charge in [-0.2, -0.15) is 0 Å². The number of rotatable bonds is 4. The van der Waals surface area contributed by atoms with E-state index in [2.05, 4.69) is 9.71 Å². The molecule has 0 aliphatic carbocycles. The van der Waals surface area contributed by atoms with Crippen LogP contribution >= 0.6 is 0 Å². The SMILES string of the molecule is CC(N[S@@+]([O-])C(C)(C)C)c1ccc(C(F)F)cn1. The molecule has 2 atom stereocenters. The average Bonchev–Trinajstić information content (AvgIpc) is 2.27. The molecule has 0 aromatic carbocycles. The van der Waals surface area contributed by atoms with Crippen molar-refractivity contribution in [3.8, 4) is 0 Å². The Labute approximate surface area is 109 Å². The number of halogens is 2. The third-order valence-electron chi connectivity index (χ3n) is 2.34. The zero-order valence-corrected chi connectivity index (χ0v) is 11.7. The van der Waals surface area contributed by atoms with Crippen LogP contribution in [0.3, 0.4) is 0 Å². The molecule has 0 spiro atoms. The lowest BCUT2D eigenvalue weighted by Gasteiger charge is -2.26. The lowest BCUT2D eigenvalue weighted by molar-refractivity contribution is 0.151. The standard InChI is InChI=1S/C12H18F2N2OS/c1-8(16-18(17)12(2,3)4)10-6-5-9(7-15-10)11(13)14/h5-8,11,16H,1-4H3/t8?,18-/m0/s1. The summed E-state index contributed by atoms with van der Waals surface area (Å²) < 4.78 is 39.1. The molecule has 0 aliphatic rings. The van der Waals surface area contributed by atoms with E-state index in [9.17, 15) is 13.3 Å². The van der Waals surface area contributed by atoms with Crippen LogP contribution in [0, 0.1) is 0 Å². The van der Waals surface area contributed by atoms with Crippen LogP contribution in [0.2, 0.25) is 0 Å². The Bertz CT molecular complexity index is 379. The zero-order valence-electron chi connectivity index (χ0n) is 10.9. The number of hydrogen-bond donors (Lipinski definition) is 1. The number of alkyl halides is 2. The Morgan fingerprint density at radius 3 is 2.33 bits per heavy atom. The first-order chi connectivity index (χ1) is 8.21. The van der Waals surface area contributed by atoms with Crippen molar-refractivity contribution in [3.63, 3.8) is 0 Å². The number of aromatic nitrogens is 1. The van der Waals surface area contributed by atoms with Gasteiger partial charge in [0, 0.05) is 23.1 Å². The molecule has 102 valence electrons. The van der Waals surface area contributed by atoms with E-state index in [0.717, 1.165) is 6.20 Å². The van der Waals surface area contributed by atoms with Crippen molar-refractivity contribution in [2.24, 2.45) is 0 Å². The fourth-order valence-corrected chi connectivity index (χ4v) is 2.00. The Morgan fingerprint density at radius 2 is 1.94 bits per heavy atom. The molecular formula is C12H18F2N2OS. The minimum Gasteiger partial charge on any atom is -0.598 e. The maximum Gasteiger partial charge on any atom is 0.265 e. The molecule has 1 heterocycles. The van der Waals surface area contributed by atoms with Gasteiger partial charge in [-0.25, -0.2) is 8.78 Å². The van der Waals surface area contributed by atoms with Crippen LogP contribution in [0.5, 0.6) is 0 Å². The van der Waals surface area contributed by atoms with Crippen LogP contribution in [0.1, 0.15) is 51.4 Å². The molecular weight excluding hydrogens is 258 g/mol. The van der Waals surface area contributed by atoms with Crippen LogP contribution < -0.4 is 4.72 Å². The summed E-state index contributed by atoms with van der Waals surface area (Å²) in [7, 11) is 0. The molecule has 1 aromatic heterocycles. The third kappa shape index (κ3) is 4.19. The second kappa shape index (κ2) is 5.95. The van der Waals surface area contributed by atoms with Crippen LogP contribution in [-0.2, 0) is 11.4 Å². The molecule has 1 rings (SSSR count). The number of nitrogens with one attached hydrogen (secondary N) is 1. The van der Waals surface area contributed by atoms with Gasteiger partial charge in [0.2, 0.25) is 0 Å². The van der Waals surface area contributed by atoms with Crippen molar-refractivity contribution in [3.05, 3.63) is 29.6 Å². The van der Waals surface area contributed by atoms with Crippen molar-refractivity contribution in [2.75, 3.05) is 0 Å². The van der Waals surface area contributed by atoms with Gasteiger partial charge in [0.05, 0.1) is 11.7 Å². The molecule has 18 heavy (non-hydrogen) atoms. The summed E-state index contributed by atoms with van der Waals surface area (Å²) >= 11 is -1.22. The molecule has 3 nitrogen and oxygen atoms in total. The topological polar surface area (TPSA) is 48.0 Å². The second-order valence-electron chi connectivity index (χ2n) is 5.04. The van der Waals surface area contributed by atoms with E-state index in [1.807, 2.05) is 20.8 Å². The Kier molecular flexibility index (Phi) is 5.07. The maximum absolute atomic E-state index is 12.4. The van der Waals surface area contributed by atoms with Crippen molar-refractivity contribution in [1.82, 2.24) is 9.71 Å². The first-order valence-corrected chi connectivity index (χ1v) is 6.79. The molecule has 0 saturated heterocycles. The van der Waals surface area contributed by atoms with Gasteiger partial charge >= 0.3 is 0 Å². The van der Waals surface area contributed by atoms with E-state index in [1.54, 1.807) is 6.92 Å². The highest BCUT2D eigenvalue weighted by atomic mass is 32.2. The first-order valence-electron chi connectivity index (χ1n) is 5.64. The van der Waals surface area contributed by atoms with E-state index in [0.29, 0.717) is 5.69 Å². The van der Waals surface area contributed by atoms with Crippen molar-refractivity contribution in [1.29, 1.82) is 0 Å². The quantitative estimate of drug-likeness (QED) is 0.859. The Hall–Kier alpha value is -0.720. The van der Waals surface area contributed by atoms with Gasteiger partial charge in [-0.05, 0) is 39.8 Å². The molecule has 0 bridgehead atoms. The molecule has 1 unspecified atom stereocenters. The van der Waals surface area contributed by atoms with E-state index in [4.69, 9.17) is 0 Å². The summed E-state index contributed by atoms with van der Waals surface area (Å²) in [6.07, 6.45) is -1.36. The summed E-state index contributed by atoms with van der Waals surface area (Å²) in [6.45, 7) is 7.37. The summed E-state index contributed by atoms with van der Waals surface area (Å²) in [5.74, 6) is 0. The fourth-order valence-electron chi connectivity index (χ4n) is 1.20. The highest BCUT2D eigenvalue weighted by molar-refractivity contribution is 7.90. The molecule has 6 heteroatoms. The molecule has 0 saturated carbocycles. The number of nitrogens with zero attached hydrogens (tertiary/aromatic N) is 1. The van der Waals surface area contributed by atoms with E-state index >= 15 is 0 Å². The van der Waals surface area contributed by atoms with Gasteiger partial charge in [-0.3, -0.25) is 4.98 Å². The van der Waals surface area contributed by atoms with Crippen LogP contribution in [-0.4, -0.2) is 14.3 Å². The van der Waals surface area contributed by atoms with Crippen LogP contribution in [0.25, 0.3) is 0 Å². The van der Waals surface area contributed by atoms with E-state index < -0.39 is 17.8 Å². The van der Waals surface area contributed by atoms with Gasteiger partial charge in [0.1, 0.15) is 4.75 Å². The van der Waals surface area contributed by atoms with Gasteiger partial charge in [-0.15, -0.1) is 4.72 Å². The Morgan fingerprint density at radius 1 is 1.33 bits per heavy atom. The largest absolute Gasteiger partial charge is 0.598 e. The molecule has 0 fully saturated rings. The van der Waals surface area contributed by atoms with E-state index in [1.165, 1.54) is 12.1 Å². The van der Waals surface area contributed by atoms with E-state index in [-0.39, 0.29) is 16.4 Å². The normalized spacial score (nSPS) is 15.8. The van der Waals surface area contributed by atoms with Gasteiger partial charge in [-0.1, -0.05) is 0 Å². The highest BCUT2D eigenvalue weighted by Gasteiger charge is 2.28. The second-order valence-corrected chi connectivity index (χ2v) is 7.04. The summed E-state index contributed by atoms with van der Waals surface area (Å²) in [5.41, 5.74) is 0.486. The van der Waals surface area contributed by atoms with Crippen LogP contribution in [0.15, 0.2) is 18.3 Å². The summed E-state index contributed by atoms with van der Waals surface area (Å²) in [6, 6.07) is 2.61. The average molecular weight is 276 g/mol. The minimum atomic E-state index is -2.52. The first kappa shape index (κ1) is 15.3. The lowest BCUT2D eigenvalue weighted by atomic mass is 10.2. The Balaban J connectivity index is 2.70. The molecule has 0 amide bonds. The smallest absolute Gasteiger partial charge is 0.265 e. The lowest BCUT2D eigenvalue weighted by Crippen LogP contribution is -2.40. The van der Waals surface area contributed by atoms with Crippen molar-refractivity contribution >= 4 is 11.4 Å². The molecule has 0 radical (unpaired) electrons. The predicted molar refractivity (Wildman–Crippen MR) is 68.6 cm³/mol. The predicted octanol–water partition coefficient (Wildman–Crippen LogP) is 3.13. The fraction of sp³-hybridized carbons (Fsp3) is 0.583. The monoisotopic (exact) mass is 276 g/mol. The van der Waals surface area contributed by atoms with Gasteiger partial charge < -0.3 is 4.55 Å². The number of pyridine rings is 1. The van der Waals surface area contributed by atoms with Gasteiger partial charge in [0.25, 0.3) is 6.43 Å². The highest BCUT2D eigenvalue weighted by Crippen LogP contribution is 2.21. The molecule has 0 aliphatic heterocycles. The van der Waals surface area contributed by atoms with Gasteiger partial charge in [0.15, 0.2) is 0 Å². The molecule has 1 N–H and O–H groups in total. The minimum absolute atomic E-state index is 0.108. The third-order valence-corrected chi connectivity index (χ3v) is 4.02. The number of hydrogen-bond acceptors (Lipinski definition) is 3. The van der Waals surface area contributed by atoms with Crippen LogP contribution in [0.4, 0.5) is 8.78 Å².